The second-order valence-corrected chi connectivity index (χ2v) is 0. The van der Waals surface area contributed by atoms with Crippen molar-refractivity contribution in [3.8, 4) is 0 Å². The zero-order chi connectivity index (χ0) is 2.00. The number of hydrogen-bond acceptors (Lipinski definition) is 1. The fourth-order valence-corrected chi connectivity index (χ4v) is 0. The molecule has 0 aliphatic heterocycles. The number of rotatable bonds is 0. The Morgan fingerprint density at radius 2 is 1.50 bits per heavy atom. The molecule has 0 aromatic rings. The topological polar surface area (TPSA) is 23.8 Å². The summed E-state index contributed by atoms with van der Waals surface area (Å²) < 4.78 is 0. The molecule has 0 saturated heterocycles. The van der Waals surface area contributed by atoms with E-state index in [1.54, 1.807) is 0 Å². The van der Waals surface area contributed by atoms with Crippen LogP contribution in [0.5, 0.6) is 0 Å². The van der Waals surface area contributed by atoms with Gasteiger partial charge in [-0.05, 0) is 0 Å². The average Bonchev–Trinajstić information content (AvgIpc) is 1.00. The Hall–Kier alpha value is 1.11. The molecule has 0 atom stereocenters. The van der Waals surface area contributed by atoms with Gasteiger partial charge in [0.05, 0.1) is 0 Å². The molecule has 1 nitrogen and oxygen atoms in total. The van der Waals surface area contributed by atoms with Crippen molar-refractivity contribution in [3.05, 3.63) is 6.57 Å². The normalized spacial score (nSPS) is 0.500. The van der Waals surface area contributed by atoms with E-state index in [-0.39, 0.29) is 50.5 Å². The maximum absolute atomic E-state index is 6.25. The smallest absolute Gasteiger partial charge is 1.00 e. The van der Waals surface area contributed by atoms with E-state index in [2.05, 4.69) is 0 Å². The molecule has 0 heterocycles. The molecule has 0 amide bonds. The zero-order valence-corrected chi connectivity index (χ0v) is 7.62. The molecule has 0 aromatic heterocycles. The molecular formula is CHNNaZn-. The minimum atomic E-state index is 0. The first-order chi connectivity index (χ1) is 1.00. The van der Waals surface area contributed by atoms with Crippen LogP contribution in [0.3, 0.4) is 0 Å². The van der Waals surface area contributed by atoms with E-state index >= 15 is 0 Å². The zero-order valence-electron chi connectivity index (χ0n) is 3.65. The van der Waals surface area contributed by atoms with Crippen molar-refractivity contribution in [2.24, 2.45) is 0 Å². The molecule has 4 heavy (non-hydrogen) atoms. The average molecular weight is 115 g/mol. The fourth-order valence-electron chi connectivity index (χ4n) is 0. The summed E-state index contributed by atoms with van der Waals surface area (Å²) in [5.41, 5.74) is 0. The minimum Gasteiger partial charge on any atom is -1.00 e. The third-order valence-electron chi connectivity index (χ3n) is 0. The maximum Gasteiger partial charge on any atom is 1.00 e. The van der Waals surface area contributed by atoms with Crippen LogP contribution in [0.15, 0.2) is 0 Å². The summed E-state index contributed by atoms with van der Waals surface area (Å²) in [6, 6.07) is 0. The molecule has 0 spiro atoms. The summed E-state index contributed by atoms with van der Waals surface area (Å²) in [4.78, 5) is 0. The van der Waals surface area contributed by atoms with E-state index in [9.17, 15) is 0 Å². The number of nitrogens with zero attached hydrogens (tertiary/aromatic N) is 1. The van der Waals surface area contributed by atoms with Crippen molar-refractivity contribution < 1.29 is 50.5 Å². The second kappa shape index (κ2) is 32.2. The van der Waals surface area contributed by atoms with E-state index in [1.165, 1.54) is 0 Å². The largest absolute Gasteiger partial charge is 1.00 e. The Balaban J connectivity index is -0.00000000167. The molecule has 14 valence electrons. The summed E-state index contributed by atoms with van der Waals surface area (Å²) in [5.74, 6) is 0. The van der Waals surface area contributed by atoms with Crippen LogP contribution in [0.25, 0.3) is 0 Å². The predicted molar refractivity (Wildman–Crippen MR) is 6.08 cm³/mol. The van der Waals surface area contributed by atoms with Crippen molar-refractivity contribution in [2.75, 3.05) is 0 Å². The molecule has 0 aromatic carbocycles. The monoisotopic (exact) mass is 114 g/mol. The van der Waals surface area contributed by atoms with Crippen molar-refractivity contribution in [1.29, 1.82) is 5.26 Å². The van der Waals surface area contributed by atoms with Crippen LogP contribution >= 0.6 is 0 Å². The Morgan fingerprint density at radius 1 is 1.50 bits per heavy atom. The standard InChI is InChI=1S/CN.Na.Zn.H/c1-2;;;/q-1;+1;;-1. The van der Waals surface area contributed by atoms with Gasteiger partial charge in [-0.2, -0.15) is 0 Å². The molecule has 0 rings (SSSR count). The summed E-state index contributed by atoms with van der Waals surface area (Å²) in [6.45, 7) is 4.75. The third kappa shape index (κ3) is 11.2. The molecule has 0 aliphatic carbocycles. The van der Waals surface area contributed by atoms with Crippen LogP contribution in [0.1, 0.15) is 1.43 Å². The van der Waals surface area contributed by atoms with Crippen molar-refractivity contribution in [3.63, 3.8) is 0 Å². The minimum absolute atomic E-state index is 0. The van der Waals surface area contributed by atoms with Gasteiger partial charge in [0.15, 0.2) is 0 Å². The van der Waals surface area contributed by atoms with Gasteiger partial charge in [0, 0.05) is 19.5 Å². The molecule has 0 unspecified atom stereocenters. The quantitative estimate of drug-likeness (QED) is 0.247. The summed E-state index contributed by atoms with van der Waals surface area (Å²) in [5, 5.41) is 6.25. The van der Waals surface area contributed by atoms with Crippen molar-refractivity contribution in [2.45, 2.75) is 0 Å². The van der Waals surface area contributed by atoms with Crippen LogP contribution in [0.2, 0.25) is 0 Å². The van der Waals surface area contributed by atoms with Gasteiger partial charge >= 0.3 is 29.6 Å². The van der Waals surface area contributed by atoms with Crippen molar-refractivity contribution >= 4 is 0 Å². The van der Waals surface area contributed by atoms with Gasteiger partial charge in [-0.25, -0.2) is 0 Å². The van der Waals surface area contributed by atoms with Gasteiger partial charge in [-0.15, -0.1) is 0 Å². The Labute approximate surface area is 61.9 Å². The third-order valence-corrected chi connectivity index (χ3v) is 0. The van der Waals surface area contributed by atoms with Gasteiger partial charge < -0.3 is 13.3 Å². The molecule has 0 fully saturated rings. The van der Waals surface area contributed by atoms with Gasteiger partial charge in [0.1, 0.15) is 0 Å². The molecule has 0 saturated carbocycles. The van der Waals surface area contributed by atoms with E-state index in [0.29, 0.717) is 0 Å². The van der Waals surface area contributed by atoms with Crippen molar-refractivity contribution in [1.82, 2.24) is 0 Å². The van der Waals surface area contributed by atoms with E-state index in [1.807, 2.05) is 0 Å². The summed E-state index contributed by atoms with van der Waals surface area (Å²) in [7, 11) is 0. The van der Waals surface area contributed by atoms with Crippen LogP contribution in [-0.4, -0.2) is 0 Å². The SMILES string of the molecule is [C-]#N.[H-].[Na+].[Zn]. The molecule has 0 N–H and O–H groups in total. The van der Waals surface area contributed by atoms with E-state index in [4.69, 9.17) is 11.8 Å². The van der Waals surface area contributed by atoms with E-state index < -0.39 is 0 Å². The molecule has 0 aliphatic rings. The molecule has 3 heteroatoms. The molecule has 0 bridgehead atoms. The van der Waals surface area contributed by atoms with Gasteiger partial charge in [-0.3, -0.25) is 0 Å². The first-order valence-electron chi connectivity index (χ1n) is 0.224. The van der Waals surface area contributed by atoms with Crippen LogP contribution < -0.4 is 29.6 Å². The maximum atomic E-state index is 6.25. The fraction of sp³-hybridized carbons (Fsp3) is 0. The van der Waals surface area contributed by atoms with Crippen LogP contribution in [-0.2, 0) is 19.5 Å². The molecular weight excluding hydrogens is 114 g/mol. The summed E-state index contributed by atoms with van der Waals surface area (Å²) in [6.07, 6.45) is 0. The predicted octanol–water partition coefficient (Wildman–Crippen LogP) is -2.79. The van der Waals surface area contributed by atoms with E-state index in [0.717, 1.165) is 0 Å². The molecule has 0 radical (unpaired) electrons. The summed E-state index contributed by atoms with van der Waals surface area (Å²) >= 11 is 0. The number of hydrogen-bond donors (Lipinski definition) is 0. The first-order valence-corrected chi connectivity index (χ1v) is 0.224. The first kappa shape index (κ1) is 19.4. The van der Waals surface area contributed by atoms with Gasteiger partial charge in [-0.1, -0.05) is 0 Å². The van der Waals surface area contributed by atoms with Gasteiger partial charge in [0.2, 0.25) is 0 Å². The van der Waals surface area contributed by atoms with Crippen LogP contribution in [0.4, 0.5) is 0 Å². The second-order valence-electron chi connectivity index (χ2n) is 0. The Bertz CT molecular complexity index is 16.4. The van der Waals surface area contributed by atoms with Crippen LogP contribution in [0, 0.1) is 11.8 Å². The Morgan fingerprint density at radius 3 is 1.50 bits per heavy atom. The van der Waals surface area contributed by atoms with Gasteiger partial charge in [0.25, 0.3) is 0 Å². The Kier molecular flexibility index (Phi) is 156.